The molecule has 3 atom stereocenters. The van der Waals surface area contributed by atoms with Crippen molar-refractivity contribution in [2.24, 2.45) is 0 Å². The second-order valence-electron chi connectivity index (χ2n) is 6.04. The van der Waals surface area contributed by atoms with E-state index in [1.807, 2.05) is 42.5 Å². The van der Waals surface area contributed by atoms with Crippen LogP contribution in [0.1, 0.15) is 24.5 Å². The number of nitrogens with zero attached hydrogens (tertiary/aromatic N) is 1. The third-order valence-corrected chi connectivity index (χ3v) is 4.98. The van der Waals surface area contributed by atoms with Crippen LogP contribution in [0.25, 0.3) is 11.3 Å². The molecule has 0 N–H and O–H groups in total. The molecular formula is C17H17NO4S. The van der Waals surface area contributed by atoms with Crippen molar-refractivity contribution in [2.75, 3.05) is 6.26 Å². The van der Waals surface area contributed by atoms with Crippen molar-refractivity contribution in [1.29, 1.82) is 0 Å². The number of hydrogen-bond donors (Lipinski definition) is 0. The maximum atomic E-state index is 11.5. The molecule has 1 aliphatic carbocycles. The summed E-state index contributed by atoms with van der Waals surface area (Å²) in [5, 5.41) is 0. The summed E-state index contributed by atoms with van der Waals surface area (Å²) in [5.74, 6) is 0.616. The topological polar surface area (TPSA) is 65.5 Å². The molecule has 0 spiro atoms. The van der Waals surface area contributed by atoms with E-state index < -0.39 is 16.2 Å². The molecule has 2 heterocycles. The van der Waals surface area contributed by atoms with Gasteiger partial charge in [0.1, 0.15) is 11.9 Å². The number of ether oxygens (including phenoxy) is 1. The predicted octanol–water partition coefficient (Wildman–Crippen LogP) is 2.73. The van der Waals surface area contributed by atoms with Crippen LogP contribution >= 0.6 is 0 Å². The molecule has 1 fully saturated rings. The van der Waals surface area contributed by atoms with Gasteiger partial charge >= 0.3 is 0 Å². The molecule has 0 amide bonds. The van der Waals surface area contributed by atoms with Gasteiger partial charge in [-0.2, -0.15) is 8.42 Å². The average Bonchev–Trinajstić information content (AvgIpc) is 3.06. The zero-order valence-corrected chi connectivity index (χ0v) is 13.5. The highest BCUT2D eigenvalue weighted by molar-refractivity contribution is 7.86. The largest absolute Gasteiger partial charge is 0.488 e. The Morgan fingerprint density at radius 1 is 1.13 bits per heavy atom. The predicted molar refractivity (Wildman–Crippen MR) is 85.8 cm³/mol. The van der Waals surface area contributed by atoms with Crippen molar-refractivity contribution in [2.45, 2.75) is 31.0 Å². The van der Waals surface area contributed by atoms with E-state index in [9.17, 15) is 8.42 Å². The van der Waals surface area contributed by atoms with Crippen LogP contribution < -0.4 is 4.74 Å². The van der Waals surface area contributed by atoms with Crippen LogP contribution in [0.3, 0.4) is 0 Å². The van der Waals surface area contributed by atoms with E-state index in [2.05, 4.69) is 0 Å². The Balaban J connectivity index is 1.71. The standard InChI is InChI=1S/C17H17NO4S/c1-23(19,20)22-14-10-9-13-16(14)17-15(21-13)8-7-12(18-17)11-5-3-2-4-6-11/h2-8,13-14,16H,9-10H2,1H3. The molecule has 3 unspecified atom stereocenters. The number of pyridine rings is 1. The van der Waals surface area contributed by atoms with Gasteiger partial charge in [-0.25, -0.2) is 4.98 Å². The second-order valence-corrected chi connectivity index (χ2v) is 7.64. The lowest BCUT2D eigenvalue weighted by molar-refractivity contribution is 0.168. The van der Waals surface area contributed by atoms with E-state index in [1.54, 1.807) is 0 Å². The van der Waals surface area contributed by atoms with Gasteiger partial charge in [0.25, 0.3) is 10.1 Å². The summed E-state index contributed by atoms with van der Waals surface area (Å²) < 4.78 is 34.2. The van der Waals surface area contributed by atoms with Crippen molar-refractivity contribution >= 4 is 10.1 Å². The Labute approximate surface area is 135 Å². The summed E-state index contributed by atoms with van der Waals surface area (Å²) in [6.45, 7) is 0. The fourth-order valence-corrected chi connectivity index (χ4v) is 4.14. The normalized spacial score (nSPS) is 25.7. The molecule has 23 heavy (non-hydrogen) atoms. The summed E-state index contributed by atoms with van der Waals surface area (Å²) in [4.78, 5) is 4.75. The number of hydrogen-bond acceptors (Lipinski definition) is 5. The van der Waals surface area contributed by atoms with E-state index in [1.165, 1.54) is 0 Å². The van der Waals surface area contributed by atoms with E-state index >= 15 is 0 Å². The van der Waals surface area contributed by atoms with Gasteiger partial charge in [-0.1, -0.05) is 30.3 Å². The van der Waals surface area contributed by atoms with Crippen LogP contribution in [0.4, 0.5) is 0 Å². The first-order chi connectivity index (χ1) is 11.0. The molecule has 1 aliphatic heterocycles. The van der Waals surface area contributed by atoms with E-state index in [0.29, 0.717) is 6.42 Å². The molecule has 1 aromatic heterocycles. The van der Waals surface area contributed by atoms with Crippen molar-refractivity contribution in [3.05, 3.63) is 48.2 Å². The second kappa shape index (κ2) is 5.32. The van der Waals surface area contributed by atoms with Crippen molar-refractivity contribution in [1.82, 2.24) is 4.98 Å². The molecule has 0 saturated heterocycles. The average molecular weight is 331 g/mol. The zero-order valence-electron chi connectivity index (χ0n) is 12.7. The van der Waals surface area contributed by atoms with Gasteiger partial charge in [-0.15, -0.1) is 0 Å². The maximum Gasteiger partial charge on any atom is 0.264 e. The minimum atomic E-state index is -3.49. The third-order valence-electron chi connectivity index (χ3n) is 4.38. The number of rotatable bonds is 3. The molecule has 1 saturated carbocycles. The minimum absolute atomic E-state index is 0.0460. The summed E-state index contributed by atoms with van der Waals surface area (Å²) >= 11 is 0. The lowest BCUT2D eigenvalue weighted by Crippen LogP contribution is -2.24. The smallest absolute Gasteiger partial charge is 0.264 e. The van der Waals surface area contributed by atoms with Crippen LogP contribution in [0.2, 0.25) is 0 Å². The molecule has 0 radical (unpaired) electrons. The molecule has 1 aromatic carbocycles. The van der Waals surface area contributed by atoms with E-state index in [0.717, 1.165) is 35.4 Å². The number of benzene rings is 1. The van der Waals surface area contributed by atoms with Gasteiger partial charge in [0.05, 0.1) is 29.7 Å². The lowest BCUT2D eigenvalue weighted by atomic mass is 10.00. The minimum Gasteiger partial charge on any atom is -0.488 e. The molecule has 6 heteroatoms. The highest BCUT2D eigenvalue weighted by Crippen LogP contribution is 2.48. The van der Waals surface area contributed by atoms with Crippen LogP contribution in [0.5, 0.6) is 5.75 Å². The van der Waals surface area contributed by atoms with Gasteiger partial charge in [0, 0.05) is 5.56 Å². The Kier molecular flexibility index (Phi) is 3.39. The van der Waals surface area contributed by atoms with Crippen LogP contribution in [-0.4, -0.2) is 31.9 Å². The Bertz CT molecular complexity index is 835. The van der Waals surface area contributed by atoms with Gasteiger partial charge < -0.3 is 4.74 Å². The van der Waals surface area contributed by atoms with Crippen molar-refractivity contribution in [3.8, 4) is 17.0 Å². The highest BCUT2D eigenvalue weighted by atomic mass is 32.2. The zero-order chi connectivity index (χ0) is 16.0. The van der Waals surface area contributed by atoms with Crippen molar-refractivity contribution in [3.63, 3.8) is 0 Å². The fraction of sp³-hybridized carbons (Fsp3) is 0.353. The first-order valence-corrected chi connectivity index (χ1v) is 9.44. The Morgan fingerprint density at radius 3 is 2.65 bits per heavy atom. The van der Waals surface area contributed by atoms with Crippen LogP contribution in [0, 0.1) is 0 Å². The maximum absolute atomic E-state index is 11.5. The molecule has 2 aliphatic rings. The van der Waals surface area contributed by atoms with E-state index in [4.69, 9.17) is 13.9 Å². The van der Waals surface area contributed by atoms with Crippen LogP contribution in [-0.2, 0) is 14.3 Å². The summed E-state index contributed by atoms with van der Waals surface area (Å²) in [7, 11) is -3.49. The molecule has 0 bridgehead atoms. The van der Waals surface area contributed by atoms with Gasteiger partial charge in [0.2, 0.25) is 0 Å². The van der Waals surface area contributed by atoms with E-state index in [-0.39, 0.29) is 12.0 Å². The SMILES string of the molecule is CS(=O)(=O)OC1CCC2Oc3ccc(-c4ccccc4)nc3C21. The van der Waals surface area contributed by atoms with Gasteiger partial charge in [-0.05, 0) is 25.0 Å². The Hall–Kier alpha value is -1.92. The molecule has 4 rings (SSSR count). The number of aromatic nitrogens is 1. The number of fused-ring (bicyclic) bond motifs is 3. The molecule has 2 aromatic rings. The summed E-state index contributed by atoms with van der Waals surface area (Å²) in [6, 6.07) is 13.7. The Morgan fingerprint density at radius 2 is 1.91 bits per heavy atom. The monoisotopic (exact) mass is 331 g/mol. The third kappa shape index (κ3) is 2.72. The van der Waals surface area contributed by atoms with Gasteiger partial charge in [-0.3, -0.25) is 4.18 Å². The van der Waals surface area contributed by atoms with Gasteiger partial charge in [0.15, 0.2) is 0 Å². The fourth-order valence-electron chi connectivity index (χ4n) is 3.48. The first kappa shape index (κ1) is 14.7. The lowest BCUT2D eigenvalue weighted by Gasteiger charge is -2.16. The van der Waals surface area contributed by atoms with Crippen molar-refractivity contribution < 1.29 is 17.3 Å². The highest BCUT2D eigenvalue weighted by Gasteiger charge is 2.47. The molecule has 5 nitrogen and oxygen atoms in total. The molecular weight excluding hydrogens is 314 g/mol. The first-order valence-electron chi connectivity index (χ1n) is 7.62. The molecule has 120 valence electrons. The van der Waals surface area contributed by atoms with Crippen LogP contribution in [0.15, 0.2) is 42.5 Å². The quantitative estimate of drug-likeness (QED) is 0.809. The summed E-state index contributed by atoms with van der Waals surface area (Å²) in [5.41, 5.74) is 2.69. The summed E-state index contributed by atoms with van der Waals surface area (Å²) in [6.07, 6.45) is 2.09.